The molecule has 0 fully saturated rings. The van der Waals surface area contributed by atoms with Gasteiger partial charge < -0.3 is 10.3 Å². The molecule has 0 radical (unpaired) electrons. The van der Waals surface area contributed by atoms with Crippen molar-refractivity contribution in [1.82, 2.24) is 4.57 Å². The molecule has 3 aromatic rings. The second-order valence-electron chi connectivity index (χ2n) is 6.64. The van der Waals surface area contributed by atoms with Gasteiger partial charge in [0.15, 0.2) is 0 Å². The number of nitrogens with two attached hydrogens (primary N) is 1. The van der Waals surface area contributed by atoms with E-state index in [0.29, 0.717) is 12.5 Å². The normalized spacial score (nSPS) is 12.7. The molecule has 0 spiro atoms. The zero-order valence-corrected chi connectivity index (χ0v) is 14.6. The molecule has 2 aromatic carbocycles. The van der Waals surface area contributed by atoms with Crippen molar-refractivity contribution < 1.29 is 0 Å². The van der Waals surface area contributed by atoms with Crippen LogP contribution in [0, 0.1) is 20.8 Å². The molecule has 1 heterocycles. The van der Waals surface area contributed by atoms with Crippen molar-refractivity contribution in [1.29, 1.82) is 0 Å². The van der Waals surface area contributed by atoms with Gasteiger partial charge in [0.25, 0.3) is 0 Å². The third-order valence-electron chi connectivity index (χ3n) is 5.13. The lowest BCUT2D eigenvalue weighted by atomic mass is 9.87. The summed E-state index contributed by atoms with van der Waals surface area (Å²) in [5.41, 5.74) is 14.3. The summed E-state index contributed by atoms with van der Waals surface area (Å²) < 4.78 is 2.29. The van der Waals surface area contributed by atoms with Gasteiger partial charge in [-0.05, 0) is 56.5 Å². The quantitative estimate of drug-likeness (QED) is 0.761. The van der Waals surface area contributed by atoms with E-state index >= 15 is 0 Å². The third kappa shape index (κ3) is 2.79. The second kappa shape index (κ2) is 6.21. The summed E-state index contributed by atoms with van der Waals surface area (Å²) in [6, 6.07) is 15.4. The molecule has 3 rings (SSSR count). The van der Waals surface area contributed by atoms with Crippen LogP contribution in [0.15, 0.2) is 42.5 Å². The van der Waals surface area contributed by atoms with Crippen LogP contribution in [0.3, 0.4) is 0 Å². The second-order valence-corrected chi connectivity index (χ2v) is 6.64. The number of rotatable bonds is 4. The Kier molecular flexibility index (Phi) is 4.27. The molecule has 0 aliphatic carbocycles. The van der Waals surface area contributed by atoms with E-state index in [9.17, 15) is 0 Å². The molecule has 2 nitrogen and oxygen atoms in total. The highest BCUT2D eigenvalue weighted by Gasteiger charge is 2.18. The van der Waals surface area contributed by atoms with Gasteiger partial charge in [-0.3, -0.25) is 0 Å². The zero-order chi connectivity index (χ0) is 16.6. The number of hydrogen-bond donors (Lipinski definition) is 1. The van der Waals surface area contributed by atoms with Crippen LogP contribution in [0.1, 0.15) is 33.9 Å². The van der Waals surface area contributed by atoms with Crippen molar-refractivity contribution in [3.8, 4) is 0 Å². The third-order valence-corrected chi connectivity index (χ3v) is 5.13. The fraction of sp³-hybridized carbons (Fsp3) is 0.333. The number of nitrogens with zero attached hydrogens (tertiary/aromatic N) is 1. The number of aryl methyl sites for hydroxylation is 3. The predicted molar refractivity (Wildman–Crippen MR) is 99.1 cm³/mol. The van der Waals surface area contributed by atoms with Crippen LogP contribution in [-0.4, -0.2) is 11.1 Å². The molecule has 1 atom stereocenters. The van der Waals surface area contributed by atoms with Gasteiger partial charge in [-0.25, -0.2) is 0 Å². The lowest BCUT2D eigenvalue weighted by molar-refractivity contribution is 0.686. The number of para-hydroxylation sites is 1. The van der Waals surface area contributed by atoms with E-state index in [0.717, 1.165) is 6.42 Å². The van der Waals surface area contributed by atoms with Gasteiger partial charge in [0.05, 0.1) is 0 Å². The van der Waals surface area contributed by atoms with Crippen LogP contribution in [0.2, 0.25) is 0 Å². The maximum Gasteiger partial charge on any atom is 0.0482 e. The summed E-state index contributed by atoms with van der Waals surface area (Å²) in [4.78, 5) is 0. The van der Waals surface area contributed by atoms with Crippen LogP contribution in [0.5, 0.6) is 0 Å². The van der Waals surface area contributed by atoms with E-state index < -0.39 is 0 Å². The maximum absolute atomic E-state index is 6.15. The Morgan fingerprint density at radius 1 is 1.04 bits per heavy atom. The summed E-state index contributed by atoms with van der Waals surface area (Å²) in [5.74, 6) is 0.361. The van der Waals surface area contributed by atoms with Gasteiger partial charge in [-0.2, -0.15) is 0 Å². The molecule has 2 N–H and O–H groups in total. The minimum Gasteiger partial charge on any atom is -0.348 e. The smallest absolute Gasteiger partial charge is 0.0482 e. The molecule has 0 saturated heterocycles. The average molecular weight is 306 g/mol. The van der Waals surface area contributed by atoms with Crippen molar-refractivity contribution in [2.75, 3.05) is 6.54 Å². The summed E-state index contributed by atoms with van der Waals surface area (Å²) in [6.45, 7) is 7.22. The fourth-order valence-corrected chi connectivity index (χ4v) is 3.71. The topological polar surface area (TPSA) is 30.9 Å². The minimum atomic E-state index is 0.361. The Morgan fingerprint density at radius 2 is 1.78 bits per heavy atom. The Labute approximate surface area is 138 Å². The van der Waals surface area contributed by atoms with Crippen LogP contribution in [-0.2, 0) is 13.5 Å². The predicted octanol–water partition coefficient (Wildman–Crippen LogP) is 4.39. The van der Waals surface area contributed by atoms with E-state index in [2.05, 4.69) is 74.9 Å². The summed E-state index contributed by atoms with van der Waals surface area (Å²) >= 11 is 0. The molecule has 0 bridgehead atoms. The van der Waals surface area contributed by atoms with Gasteiger partial charge in [0.2, 0.25) is 0 Å². The number of benzene rings is 2. The molecular formula is C21H26N2. The molecule has 23 heavy (non-hydrogen) atoms. The lowest BCUT2D eigenvalue weighted by Gasteiger charge is -2.19. The van der Waals surface area contributed by atoms with Crippen molar-refractivity contribution in [2.24, 2.45) is 12.8 Å². The summed E-state index contributed by atoms with van der Waals surface area (Å²) in [6.07, 6.45) is 0.994. The molecular weight excluding hydrogens is 280 g/mol. The van der Waals surface area contributed by atoms with Crippen molar-refractivity contribution in [3.63, 3.8) is 0 Å². The Morgan fingerprint density at radius 3 is 2.48 bits per heavy atom. The lowest BCUT2D eigenvalue weighted by Crippen LogP contribution is -2.16. The highest BCUT2D eigenvalue weighted by atomic mass is 14.9. The van der Waals surface area contributed by atoms with Crippen LogP contribution >= 0.6 is 0 Å². The Bertz CT molecular complexity index is 842. The van der Waals surface area contributed by atoms with Crippen LogP contribution < -0.4 is 5.73 Å². The molecule has 1 unspecified atom stereocenters. The molecule has 0 aliphatic heterocycles. The molecule has 1 aromatic heterocycles. The monoisotopic (exact) mass is 306 g/mol. The largest absolute Gasteiger partial charge is 0.348 e. The van der Waals surface area contributed by atoms with Gasteiger partial charge >= 0.3 is 0 Å². The first-order valence-corrected chi connectivity index (χ1v) is 8.33. The van der Waals surface area contributed by atoms with Crippen molar-refractivity contribution in [2.45, 2.75) is 33.1 Å². The van der Waals surface area contributed by atoms with Crippen LogP contribution in [0.25, 0.3) is 10.9 Å². The Balaban J connectivity index is 2.04. The van der Waals surface area contributed by atoms with Gasteiger partial charge in [-0.15, -0.1) is 0 Å². The van der Waals surface area contributed by atoms with Gasteiger partial charge in [-0.1, -0.05) is 42.0 Å². The average Bonchev–Trinajstić information content (AvgIpc) is 2.78. The van der Waals surface area contributed by atoms with Gasteiger partial charge in [0.1, 0.15) is 0 Å². The number of fused-ring (bicyclic) bond motifs is 1. The standard InChI is InChI=1S/C21H26N2/c1-14-9-10-18(15(2)11-14)17(13-22)12-20-16(3)23(4)21-8-6-5-7-19(20)21/h5-11,17H,12-13,22H2,1-4H3. The molecule has 0 aliphatic rings. The first-order chi connectivity index (χ1) is 11.0. The van der Waals surface area contributed by atoms with E-state index in [4.69, 9.17) is 5.73 Å². The zero-order valence-electron chi connectivity index (χ0n) is 14.6. The first-order valence-electron chi connectivity index (χ1n) is 8.33. The fourth-order valence-electron chi connectivity index (χ4n) is 3.71. The minimum absolute atomic E-state index is 0.361. The highest BCUT2D eigenvalue weighted by molar-refractivity contribution is 5.85. The number of aromatic nitrogens is 1. The number of hydrogen-bond acceptors (Lipinski definition) is 1. The van der Waals surface area contributed by atoms with Crippen molar-refractivity contribution >= 4 is 10.9 Å². The molecule has 0 saturated carbocycles. The summed E-state index contributed by atoms with van der Waals surface area (Å²) in [7, 11) is 2.15. The SMILES string of the molecule is Cc1ccc(C(CN)Cc2c(C)n(C)c3ccccc23)c(C)c1. The van der Waals surface area contributed by atoms with E-state index in [1.54, 1.807) is 0 Å². The van der Waals surface area contributed by atoms with Crippen molar-refractivity contribution in [3.05, 3.63) is 70.4 Å². The molecule has 0 amide bonds. The highest BCUT2D eigenvalue weighted by Crippen LogP contribution is 2.31. The van der Waals surface area contributed by atoms with E-state index in [1.165, 1.54) is 38.9 Å². The van der Waals surface area contributed by atoms with E-state index in [1.807, 2.05) is 0 Å². The molecule has 120 valence electrons. The van der Waals surface area contributed by atoms with Gasteiger partial charge in [0, 0.05) is 29.6 Å². The van der Waals surface area contributed by atoms with Crippen LogP contribution in [0.4, 0.5) is 0 Å². The Hall–Kier alpha value is -2.06. The maximum atomic E-state index is 6.15. The first kappa shape index (κ1) is 15.8. The van der Waals surface area contributed by atoms with E-state index in [-0.39, 0.29) is 0 Å². The summed E-state index contributed by atoms with van der Waals surface area (Å²) in [5, 5.41) is 1.36. The molecule has 2 heteroatoms.